The number of hydrogen-bond acceptors (Lipinski definition) is 5. The summed E-state index contributed by atoms with van der Waals surface area (Å²) in [6.45, 7) is 3.68. The summed E-state index contributed by atoms with van der Waals surface area (Å²) in [6.07, 6.45) is -7.14. The third-order valence-corrected chi connectivity index (χ3v) is 5.32. The van der Waals surface area contributed by atoms with Gasteiger partial charge in [0, 0.05) is 12.7 Å². The van der Waals surface area contributed by atoms with Crippen molar-refractivity contribution in [1.82, 2.24) is 19.7 Å². The summed E-state index contributed by atoms with van der Waals surface area (Å²) in [5.74, 6) is -4.21. The summed E-state index contributed by atoms with van der Waals surface area (Å²) in [5, 5.41) is 17.7. The molecule has 1 aromatic carbocycles. The van der Waals surface area contributed by atoms with Gasteiger partial charge in [-0.1, -0.05) is 11.6 Å². The maximum atomic E-state index is 15.1. The summed E-state index contributed by atoms with van der Waals surface area (Å²) in [5.41, 5.74) is -0.701. The van der Waals surface area contributed by atoms with Gasteiger partial charge in [-0.15, -0.1) is 0 Å². The van der Waals surface area contributed by atoms with E-state index in [2.05, 4.69) is 20.5 Å². The van der Waals surface area contributed by atoms with Crippen LogP contribution in [0.25, 0.3) is 11.4 Å². The smallest absolute Gasteiger partial charge is 0.425 e. The quantitative estimate of drug-likeness (QED) is 0.426. The zero-order valence-electron chi connectivity index (χ0n) is 18.1. The van der Waals surface area contributed by atoms with Gasteiger partial charge >= 0.3 is 12.1 Å². The number of carboxylic acids is 1. The lowest BCUT2D eigenvalue weighted by Crippen LogP contribution is -2.32. The maximum Gasteiger partial charge on any atom is 0.425 e. The largest absolute Gasteiger partial charge is 0.480 e. The highest BCUT2D eigenvalue weighted by atomic mass is 35.5. The Balaban J connectivity index is 2.15. The molecule has 14 heteroatoms. The molecule has 0 aliphatic heterocycles. The van der Waals surface area contributed by atoms with Crippen LogP contribution in [0.15, 0.2) is 12.1 Å². The predicted molar refractivity (Wildman–Crippen MR) is 113 cm³/mol. The molecule has 1 unspecified atom stereocenters. The van der Waals surface area contributed by atoms with E-state index in [0.717, 1.165) is 13.0 Å². The number of hydrogen-bond donors (Lipinski definition) is 3. The van der Waals surface area contributed by atoms with Gasteiger partial charge in [0.15, 0.2) is 17.0 Å². The van der Waals surface area contributed by atoms with Crippen molar-refractivity contribution in [3.63, 3.8) is 0 Å². The Morgan fingerprint density at radius 2 is 1.94 bits per heavy atom. The number of aryl methyl sites for hydroxylation is 1. The molecule has 3 aromatic rings. The Labute approximate surface area is 194 Å². The third-order valence-electron chi connectivity index (χ3n) is 5.04. The van der Waals surface area contributed by atoms with Crippen LogP contribution >= 0.6 is 11.6 Å². The molecule has 1 amide bonds. The van der Waals surface area contributed by atoms with Gasteiger partial charge in [0.1, 0.15) is 23.1 Å². The van der Waals surface area contributed by atoms with Gasteiger partial charge in [0.05, 0.1) is 16.8 Å². The first-order chi connectivity index (χ1) is 15.7. The molecule has 0 bridgehead atoms. The van der Waals surface area contributed by atoms with E-state index in [-0.39, 0.29) is 33.6 Å². The summed E-state index contributed by atoms with van der Waals surface area (Å²) in [7, 11) is 1.41. The van der Waals surface area contributed by atoms with Crippen molar-refractivity contribution >= 4 is 29.2 Å². The molecule has 0 aliphatic carbocycles. The van der Waals surface area contributed by atoms with E-state index >= 15 is 4.39 Å². The molecule has 9 nitrogen and oxygen atoms in total. The summed E-state index contributed by atoms with van der Waals surface area (Å²) in [6, 6.07) is 1.54. The molecular formula is C20H18ClF4N5O4. The van der Waals surface area contributed by atoms with Crippen LogP contribution < -0.4 is 10.1 Å². The molecule has 3 N–H and O–H groups in total. The minimum atomic E-state index is -4.79. The first-order valence-corrected chi connectivity index (χ1v) is 9.95. The van der Waals surface area contributed by atoms with E-state index in [1.54, 1.807) is 0 Å². The number of amides is 1. The zero-order chi connectivity index (χ0) is 25.5. The number of carbonyl (C=O) groups excluding carboxylic acids is 1. The average Bonchev–Trinajstić information content (AvgIpc) is 3.21. The van der Waals surface area contributed by atoms with Crippen molar-refractivity contribution in [2.45, 2.75) is 33.1 Å². The van der Waals surface area contributed by atoms with Gasteiger partial charge in [-0.2, -0.15) is 18.3 Å². The van der Waals surface area contributed by atoms with E-state index in [4.69, 9.17) is 16.3 Å². The predicted octanol–water partition coefficient (Wildman–Crippen LogP) is 4.50. The number of carbonyl (C=O) groups is 2. The molecule has 2 aromatic heterocycles. The number of aromatic carboxylic acids is 1. The minimum absolute atomic E-state index is 0.0526. The third kappa shape index (κ3) is 4.69. The molecule has 1 atom stereocenters. The topological polar surface area (TPSA) is 122 Å². The van der Waals surface area contributed by atoms with E-state index in [9.17, 15) is 27.9 Å². The molecule has 3 rings (SSSR count). The van der Waals surface area contributed by atoms with Gasteiger partial charge < -0.3 is 19.7 Å². The Hall–Kier alpha value is -3.61. The Bertz CT molecular complexity index is 1270. The minimum Gasteiger partial charge on any atom is -0.480 e. The number of aromatic amines is 1. The lowest BCUT2D eigenvalue weighted by atomic mass is 10.1. The van der Waals surface area contributed by atoms with Gasteiger partial charge in [-0.25, -0.2) is 14.2 Å². The number of aromatic nitrogens is 4. The first-order valence-electron chi connectivity index (χ1n) is 9.58. The number of imidazole rings is 1. The Morgan fingerprint density at radius 1 is 1.29 bits per heavy atom. The van der Waals surface area contributed by atoms with E-state index in [1.165, 1.54) is 25.5 Å². The lowest BCUT2D eigenvalue weighted by molar-refractivity contribution is -0.189. The molecule has 0 spiro atoms. The second-order valence-corrected chi connectivity index (χ2v) is 7.69. The monoisotopic (exact) mass is 503 g/mol. The van der Waals surface area contributed by atoms with E-state index in [1.807, 2.05) is 0 Å². The summed E-state index contributed by atoms with van der Waals surface area (Å²) >= 11 is 5.89. The van der Waals surface area contributed by atoms with Crippen LogP contribution in [-0.2, 0) is 7.05 Å². The van der Waals surface area contributed by atoms with Crippen molar-refractivity contribution in [2.75, 3.05) is 5.32 Å². The molecule has 0 radical (unpaired) electrons. The van der Waals surface area contributed by atoms with E-state index in [0.29, 0.717) is 11.8 Å². The normalized spacial score (nSPS) is 12.5. The number of ether oxygens (including phenoxy) is 1. The number of halogens is 5. The highest BCUT2D eigenvalue weighted by molar-refractivity contribution is 6.33. The van der Waals surface area contributed by atoms with Crippen LogP contribution in [0.2, 0.25) is 5.15 Å². The lowest BCUT2D eigenvalue weighted by Gasteiger charge is -2.20. The highest BCUT2D eigenvalue weighted by Crippen LogP contribution is 2.34. The molecule has 0 aliphatic rings. The zero-order valence-corrected chi connectivity index (χ0v) is 18.9. The van der Waals surface area contributed by atoms with Crippen molar-refractivity contribution < 1.29 is 37.0 Å². The molecule has 0 saturated carbocycles. The fraction of sp³-hybridized carbons (Fsp3) is 0.300. The Morgan fingerprint density at radius 3 is 2.44 bits per heavy atom. The standard InChI is InChI=1S/C20H18ClF4N5O4/c1-7-14(16(21)29-28-7)27-18(31)11-5-12(22)10(6-13(11)34-9(3)20(23,24)25)17-26-15(19(32)33)8(2)30(17)4/h5-6,9H,1-4H3,(H,27,31)(H,28,29)(H,32,33). The molecule has 2 heterocycles. The van der Waals surface area contributed by atoms with Gasteiger partial charge in [-0.3, -0.25) is 9.89 Å². The van der Waals surface area contributed by atoms with Crippen molar-refractivity contribution in [1.29, 1.82) is 0 Å². The highest BCUT2D eigenvalue weighted by Gasteiger charge is 2.39. The van der Waals surface area contributed by atoms with Crippen molar-refractivity contribution in [3.05, 3.63) is 45.7 Å². The van der Waals surface area contributed by atoms with Gasteiger partial charge in [0.25, 0.3) is 5.91 Å². The van der Waals surface area contributed by atoms with Crippen LogP contribution in [0.3, 0.4) is 0 Å². The number of rotatable bonds is 6. The number of nitrogens with one attached hydrogen (secondary N) is 2. The number of nitrogens with zero attached hydrogens (tertiary/aromatic N) is 3. The van der Waals surface area contributed by atoms with Gasteiger partial charge in [0.2, 0.25) is 0 Å². The molecular weight excluding hydrogens is 486 g/mol. The maximum absolute atomic E-state index is 15.1. The molecule has 34 heavy (non-hydrogen) atoms. The van der Waals surface area contributed by atoms with E-state index < -0.39 is 41.3 Å². The number of benzene rings is 1. The number of H-pyrrole nitrogens is 1. The molecule has 0 saturated heterocycles. The average molecular weight is 504 g/mol. The Kier molecular flexibility index (Phi) is 6.60. The SMILES string of the molecule is Cc1[nH]nc(Cl)c1NC(=O)c1cc(F)c(-c2nc(C(=O)O)c(C)n2C)cc1OC(C)C(F)(F)F. The van der Waals surface area contributed by atoms with Crippen LogP contribution in [0.4, 0.5) is 23.2 Å². The second-order valence-electron chi connectivity index (χ2n) is 7.33. The number of anilines is 1. The first kappa shape index (κ1) is 25.0. The fourth-order valence-corrected chi connectivity index (χ4v) is 3.24. The van der Waals surface area contributed by atoms with Crippen LogP contribution in [0.5, 0.6) is 5.75 Å². The van der Waals surface area contributed by atoms with Crippen molar-refractivity contribution in [2.24, 2.45) is 7.05 Å². The summed E-state index contributed by atoms with van der Waals surface area (Å²) < 4.78 is 60.9. The van der Waals surface area contributed by atoms with Crippen LogP contribution in [0.1, 0.15) is 39.2 Å². The van der Waals surface area contributed by atoms with Crippen LogP contribution in [0, 0.1) is 19.7 Å². The second kappa shape index (κ2) is 8.97. The molecule has 0 fully saturated rings. The van der Waals surface area contributed by atoms with Crippen LogP contribution in [-0.4, -0.2) is 49.0 Å². The van der Waals surface area contributed by atoms with Crippen molar-refractivity contribution in [3.8, 4) is 17.1 Å². The fourth-order valence-electron chi connectivity index (χ4n) is 3.01. The molecule has 182 valence electrons. The number of alkyl halides is 3. The summed E-state index contributed by atoms with van der Waals surface area (Å²) in [4.78, 5) is 28.1. The van der Waals surface area contributed by atoms with Gasteiger partial charge in [-0.05, 0) is 32.9 Å². The number of carboxylic acid groups (broad SMARTS) is 1.